The number of carbonyl (C=O) groups is 1. The molecule has 1 aliphatic heterocycles. The van der Waals surface area contributed by atoms with Gasteiger partial charge >= 0.3 is 5.97 Å². The molecule has 1 aromatic heterocycles. The maximum absolute atomic E-state index is 10.9. The lowest BCUT2D eigenvalue weighted by Crippen LogP contribution is -2.31. The molecule has 7 nitrogen and oxygen atoms in total. The van der Waals surface area contributed by atoms with E-state index >= 15 is 0 Å². The standard InChI is InChI=1S/C14H22N4O3/c1-10(13(19)20)8-18(2)14-15-6-5-12(17-14)16-11-4-3-7-21-9-11/h5-6,10-11H,3-4,7-9H2,1-2H3,(H,19,20)(H,15,16,17). The van der Waals surface area contributed by atoms with Crippen LogP contribution in [0.2, 0.25) is 0 Å². The molecule has 0 aliphatic carbocycles. The molecule has 0 amide bonds. The lowest BCUT2D eigenvalue weighted by atomic mass is 10.1. The number of hydrogen-bond acceptors (Lipinski definition) is 6. The fourth-order valence-corrected chi connectivity index (χ4v) is 2.25. The van der Waals surface area contributed by atoms with E-state index < -0.39 is 11.9 Å². The average Bonchev–Trinajstić information content (AvgIpc) is 2.48. The third kappa shape index (κ3) is 4.56. The van der Waals surface area contributed by atoms with Crippen molar-refractivity contribution < 1.29 is 14.6 Å². The second-order valence-electron chi connectivity index (χ2n) is 5.42. The van der Waals surface area contributed by atoms with Crippen molar-refractivity contribution in [2.75, 3.05) is 37.0 Å². The van der Waals surface area contributed by atoms with Gasteiger partial charge in [0.25, 0.3) is 0 Å². The molecule has 7 heteroatoms. The summed E-state index contributed by atoms with van der Waals surface area (Å²) in [5.41, 5.74) is 0. The minimum Gasteiger partial charge on any atom is -0.481 e. The molecule has 0 spiro atoms. The van der Waals surface area contributed by atoms with E-state index in [-0.39, 0.29) is 6.04 Å². The Labute approximate surface area is 124 Å². The highest BCUT2D eigenvalue weighted by atomic mass is 16.5. The number of ether oxygens (including phenoxy) is 1. The van der Waals surface area contributed by atoms with Crippen LogP contribution in [0.4, 0.5) is 11.8 Å². The first kappa shape index (κ1) is 15.5. The highest BCUT2D eigenvalue weighted by molar-refractivity contribution is 5.70. The number of aliphatic carboxylic acids is 1. The van der Waals surface area contributed by atoms with Crippen LogP contribution < -0.4 is 10.2 Å². The van der Waals surface area contributed by atoms with E-state index in [2.05, 4.69) is 15.3 Å². The van der Waals surface area contributed by atoms with Gasteiger partial charge in [-0.25, -0.2) is 4.98 Å². The summed E-state index contributed by atoms with van der Waals surface area (Å²) in [5, 5.41) is 12.3. The van der Waals surface area contributed by atoms with Crippen molar-refractivity contribution >= 4 is 17.7 Å². The molecule has 2 atom stereocenters. The zero-order valence-corrected chi connectivity index (χ0v) is 12.5. The monoisotopic (exact) mass is 294 g/mol. The molecule has 2 N–H and O–H groups in total. The quantitative estimate of drug-likeness (QED) is 0.815. The SMILES string of the molecule is CC(CN(C)c1nccc(NC2CCCOC2)n1)C(=O)O. The smallest absolute Gasteiger partial charge is 0.308 e. The van der Waals surface area contributed by atoms with Crippen molar-refractivity contribution in [2.45, 2.75) is 25.8 Å². The van der Waals surface area contributed by atoms with Crippen LogP contribution in [0, 0.1) is 5.92 Å². The number of anilines is 2. The third-order valence-corrected chi connectivity index (χ3v) is 3.47. The number of aromatic nitrogens is 2. The van der Waals surface area contributed by atoms with Crippen molar-refractivity contribution in [3.05, 3.63) is 12.3 Å². The van der Waals surface area contributed by atoms with Crippen LogP contribution in [0.25, 0.3) is 0 Å². The van der Waals surface area contributed by atoms with Gasteiger partial charge in [0.1, 0.15) is 5.82 Å². The van der Waals surface area contributed by atoms with E-state index in [0.717, 1.165) is 25.3 Å². The van der Waals surface area contributed by atoms with E-state index in [9.17, 15) is 4.79 Å². The van der Waals surface area contributed by atoms with Crippen molar-refractivity contribution in [1.29, 1.82) is 0 Å². The number of nitrogens with one attached hydrogen (secondary N) is 1. The Morgan fingerprint density at radius 1 is 1.67 bits per heavy atom. The molecule has 21 heavy (non-hydrogen) atoms. The van der Waals surface area contributed by atoms with Gasteiger partial charge in [-0.2, -0.15) is 4.98 Å². The summed E-state index contributed by atoms with van der Waals surface area (Å²) in [6.07, 6.45) is 3.78. The van der Waals surface area contributed by atoms with Crippen LogP contribution >= 0.6 is 0 Å². The van der Waals surface area contributed by atoms with E-state index in [1.54, 1.807) is 25.1 Å². The second kappa shape index (κ2) is 7.21. The molecule has 0 aromatic carbocycles. The number of hydrogen-bond donors (Lipinski definition) is 2. The number of carboxylic acid groups (broad SMARTS) is 1. The number of carboxylic acids is 1. The van der Waals surface area contributed by atoms with E-state index in [1.807, 2.05) is 6.07 Å². The minimum atomic E-state index is -0.824. The first-order chi connectivity index (χ1) is 10.1. The lowest BCUT2D eigenvalue weighted by molar-refractivity contribution is -0.140. The van der Waals surface area contributed by atoms with Gasteiger partial charge in [-0.05, 0) is 18.9 Å². The fraction of sp³-hybridized carbons (Fsp3) is 0.643. The van der Waals surface area contributed by atoms with E-state index in [1.165, 1.54) is 0 Å². The van der Waals surface area contributed by atoms with Gasteiger partial charge in [-0.15, -0.1) is 0 Å². The van der Waals surface area contributed by atoms with Crippen molar-refractivity contribution in [2.24, 2.45) is 5.92 Å². The minimum absolute atomic E-state index is 0.268. The molecule has 0 bridgehead atoms. The summed E-state index contributed by atoms with van der Waals surface area (Å²) in [5.74, 6) is -0.0346. The summed E-state index contributed by atoms with van der Waals surface area (Å²) in [4.78, 5) is 21.3. The molecule has 116 valence electrons. The molecular weight excluding hydrogens is 272 g/mol. The molecular formula is C14H22N4O3. The first-order valence-corrected chi connectivity index (χ1v) is 7.17. The predicted molar refractivity (Wildman–Crippen MR) is 79.6 cm³/mol. The fourth-order valence-electron chi connectivity index (χ4n) is 2.25. The van der Waals surface area contributed by atoms with Gasteiger partial charge in [0.05, 0.1) is 18.6 Å². The highest BCUT2D eigenvalue weighted by Crippen LogP contribution is 2.15. The van der Waals surface area contributed by atoms with Crippen LogP contribution in [0.15, 0.2) is 12.3 Å². The van der Waals surface area contributed by atoms with E-state index in [4.69, 9.17) is 9.84 Å². The Hall–Kier alpha value is -1.89. The highest BCUT2D eigenvalue weighted by Gasteiger charge is 2.17. The molecule has 0 saturated carbocycles. The summed E-state index contributed by atoms with van der Waals surface area (Å²) >= 11 is 0. The lowest BCUT2D eigenvalue weighted by Gasteiger charge is -2.24. The Morgan fingerprint density at radius 2 is 2.48 bits per heavy atom. The van der Waals surface area contributed by atoms with Gasteiger partial charge in [-0.3, -0.25) is 4.79 Å². The van der Waals surface area contributed by atoms with Gasteiger partial charge < -0.3 is 20.1 Å². The maximum Gasteiger partial charge on any atom is 0.308 e. The Balaban J connectivity index is 1.97. The summed E-state index contributed by atoms with van der Waals surface area (Å²) in [6, 6.07) is 2.08. The second-order valence-corrected chi connectivity index (χ2v) is 5.42. The van der Waals surface area contributed by atoms with Crippen LogP contribution in [0.1, 0.15) is 19.8 Å². The van der Waals surface area contributed by atoms with Gasteiger partial charge in [0.2, 0.25) is 5.95 Å². The van der Waals surface area contributed by atoms with Crippen molar-refractivity contribution in [1.82, 2.24) is 9.97 Å². The number of nitrogens with zero attached hydrogens (tertiary/aromatic N) is 3. The molecule has 1 aliphatic rings. The molecule has 2 heterocycles. The summed E-state index contributed by atoms with van der Waals surface area (Å²) < 4.78 is 5.43. The molecule has 0 radical (unpaired) electrons. The molecule has 1 fully saturated rings. The predicted octanol–water partition coefficient (Wildman–Crippen LogP) is 1.22. The van der Waals surface area contributed by atoms with Gasteiger partial charge in [-0.1, -0.05) is 6.92 Å². The van der Waals surface area contributed by atoms with Crippen LogP contribution in [0.5, 0.6) is 0 Å². The van der Waals surface area contributed by atoms with Crippen LogP contribution in [0.3, 0.4) is 0 Å². The largest absolute Gasteiger partial charge is 0.481 e. The van der Waals surface area contributed by atoms with Crippen molar-refractivity contribution in [3.63, 3.8) is 0 Å². The Bertz CT molecular complexity index is 477. The summed E-state index contributed by atoms with van der Waals surface area (Å²) in [6.45, 7) is 3.54. The maximum atomic E-state index is 10.9. The normalized spacial score (nSPS) is 19.8. The summed E-state index contributed by atoms with van der Waals surface area (Å²) in [7, 11) is 1.79. The first-order valence-electron chi connectivity index (χ1n) is 7.17. The molecule has 1 saturated heterocycles. The van der Waals surface area contributed by atoms with E-state index in [0.29, 0.717) is 19.1 Å². The third-order valence-electron chi connectivity index (χ3n) is 3.47. The van der Waals surface area contributed by atoms with Crippen LogP contribution in [-0.2, 0) is 9.53 Å². The van der Waals surface area contributed by atoms with Crippen molar-refractivity contribution in [3.8, 4) is 0 Å². The van der Waals surface area contributed by atoms with Crippen LogP contribution in [-0.4, -0.2) is 53.9 Å². The molecule has 2 rings (SSSR count). The zero-order chi connectivity index (χ0) is 15.2. The van der Waals surface area contributed by atoms with Gasteiger partial charge in [0.15, 0.2) is 0 Å². The zero-order valence-electron chi connectivity index (χ0n) is 12.5. The average molecular weight is 294 g/mol. The molecule has 2 unspecified atom stereocenters. The Morgan fingerprint density at radius 3 is 3.14 bits per heavy atom. The van der Waals surface area contributed by atoms with Gasteiger partial charge in [0, 0.05) is 26.4 Å². The topological polar surface area (TPSA) is 87.6 Å². The molecule has 1 aromatic rings. The number of rotatable bonds is 6. The Kier molecular flexibility index (Phi) is 5.32.